The molecule has 1 aliphatic rings. The molecule has 1 fully saturated rings. The first kappa shape index (κ1) is 24.9. The Morgan fingerprint density at radius 2 is 1.75 bits per heavy atom. The van der Waals surface area contributed by atoms with Crippen molar-refractivity contribution in [2.45, 2.75) is 63.2 Å². The highest BCUT2D eigenvalue weighted by Crippen LogP contribution is 2.41. The molecule has 0 amide bonds. The molecule has 1 heterocycles. The Morgan fingerprint density at radius 1 is 1.09 bits per heavy atom. The molecule has 6 N–H and O–H groups in total. The van der Waals surface area contributed by atoms with E-state index in [0.717, 1.165) is 5.56 Å². The van der Waals surface area contributed by atoms with Crippen LogP contribution in [0.15, 0.2) is 36.4 Å². The van der Waals surface area contributed by atoms with Gasteiger partial charge in [-0.05, 0) is 61.2 Å². The summed E-state index contributed by atoms with van der Waals surface area (Å²) in [5.41, 5.74) is 1.57. The van der Waals surface area contributed by atoms with Gasteiger partial charge in [-0.25, -0.2) is 0 Å². The van der Waals surface area contributed by atoms with Crippen molar-refractivity contribution >= 4 is 11.6 Å². The first-order valence-corrected chi connectivity index (χ1v) is 10.8. The van der Waals surface area contributed by atoms with E-state index < -0.39 is 42.9 Å². The van der Waals surface area contributed by atoms with Crippen LogP contribution in [0.5, 0.6) is 5.75 Å². The van der Waals surface area contributed by atoms with Crippen LogP contribution in [0.2, 0.25) is 5.02 Å². The van der Waals surface area contributed by atoms with Crippen molar-refractivity contribution in [3.63, 3.8) is 0 Å². The van der Waals surface area contributed by atoms with Crippen molar-refractivity contribution in [3.05, 3.63) is 63.7 Å². The van der Waals surface area contributed by atoms with E-state index in [-0.39, 0.29) is 17.0 Å². The minimum Gasteiger partial charge on any atom is -0.494 e. The van der Waals surface area contributed by atoms with Gasteiger partial charge in [0.25, 0.3) is 0 Å². The molecule has 6 atom stereocenters. The quantitative estimate of drug-likeness (QED) is 0.351. The molecule has 0 spiro atoms. The number of hydrogen-bond acceptors (Lipinski definition) is 8. The first-order valence-electron chi connectivity index (χ1n) is 10.4. The molecule has 2 aromatic carbocycles. The third-order valence-corrected chi connectivity index (χ3v) is 5.98. The summed E-state index contributed by atoms with van der Waals surface area (Å²) in [7, 11) is 0. The topological polar surface area (TPSA) is 140 Å². The minimum absolute atomic E-state index is 0.0204. The van der Waals surface area contributed by atoms with Crippen LogP contribution in [0.1, 0.15) is 36.1 Å². The number of ether oxygens (including phenoxy) is 2. The van der Waals surface area contributed by atoms with Crippen LogP contribution >= 0.6 is 11.6 Å². The van der Waals surface area contributed by atoms with Gasteiger partial charge in [0.1, 0.15) is 30.2 Å². The summed E-state index contributed by atoms with van der Waals surface area (Å²) >= 11 is 6.49. The number of halogens is 1. The van der Waals surface area contributed by atoms with E-state index >= 15 is 0 Å². The molecule has 3 rings (SSSR count). The van der Waals surface area contributed by atoms with Crippen LogP contribution in [-0.4, -0.2) is 67.8 Å². The molecule has 1 saturated heterocycles. The molecule has 0 bridgehead atoms. The third kappa shape index (κ3) is 4.78. The van der Waals surface area contributed by atoms with Gasteiger partial charge in [0, 0.05) is 10.6 Å². The summed E-state index contributed by atoms with van der Waals surface area (Å²) in [5, 5.41) is 62.5. The lowest BCUT2D eigenvalue weighted by atomic mass is 9.83. The van der Waals surface area contributed by atoms with Crippen molar-refractivity contribution in [1.29, 1.82) is 0 Å². The smallest absolute Gasteiger partial charge is 0.222 e. The Bertz CT molecular complexity index is 919. The molecule has 0 aliphatic carbocycles. The van der Waals surface area contributed by atoms with Gasteiger partial charge >= 0.3 is 0 Å². The fourth-order valence-electron chi connectivity index (χ4n) is 3.92. The second-order valence-electron chi connectivity index (χ2n) is 7.96. The van der Waals surface area contributed by atoms with Crippen molar-refractivity contribution in [1.82, 2.24) is 0 Å². The Balaban J connectivity index is 2.08. The fraction of sp³-hybridized carbons (Fsp3) is 0.478. The van der Waals surface area contributed by atoms with E-state index in [2.05, 4.69) is 0 Å². The molecule has 2 aromatic rings. The predicted molar refractivity (Wildman–Crippen MR) is 116 cm³/mol. The predicted octanol–water partition coefficient (Wildman–Crippen LogP) is 0.829. The Morgan fingerprint density at radius 3 is 2.31 bits per heavy atom. The van der Waals surface area contributed by atoms with E-state index in [1.165, 1.54) is 19.1 Å². The third-order valence-electron chi connectivity index (χ3n) is 5.64. The van der Waals surface area contributed by atoms with E-state index in [1.54, 1.807) is 12.1 Å². The largest absolute Gasteiger partial charge is 0.494 e. The molecule has 0 radical (unpaired) electrons. The van der Waals surface area contributed by atoms with Crippen molar-refractivity contribution in [2.75, 3.05) is 6.61 Å². The fourth-order valence-corrected chi connectivity index (χ4v) is 4.23. The number of aliphatic hydroxyl groups is 6. The standard InChI is InChI=1S/C23H29ClO8/c1-3-31-15-6-4-13(5-7-15)8-16-17(9-14(11-25)10-18(16)24)23(30)22(29)20(28)19(27)21(32-23)12(2)26/h4-7,9-10,12,19-22,25-30H,3,8,11H2,1-2H3/t12-,19-,20-,21+,22+,23+/m0/s1. The lowest BCUT2D eigenvalue weighted by Crippen LogP contribution is -2.65. The lowest BCUT2D eigenvalue weighted by molar-refractivity contribution is -0.364. The summed E-state index contributed by atoms with van der Waals surface area (Å²) in [4.78, 5) is 0. The van der Waals surface area contributed by atoms with Crippen molar-refractivity contribution in [3.8, 4) is 5.75 Å². The van der Waals surface area contributed by atoms with Crippen LogP contribution < -0.4 is 4.74 Å². The Hall–Kier alpha value is -1.75. The average molecular weight is 469 g/mol. The highest BCUT2D eigenvalue weighted by atomic mass is 35.5. The van der Waals surface area contributed by atoms with E-state index in [1.807, 2.05) is 19.1 Å². The monoisotopic (exact) mass is 468 g/mol. The van der Waals surface area contributed by atoms with E-state index in [9.17, 15) is 30.6 Å². The first-order chi connectivity index (χ1) is 15.1. The zero-order valence-electron chi connectivity index (χ0n) is 17.8. The summed E-state index contributed by atoms with van der Waals surface area (Å²) < 4.78 is 11.0. The van der Waals surface area contributed by atoms with Crippen LogP contribution in [-0.2, 0) is 23.6 Å². The summed E-state index contributed by atoms with van der Waals surface area (Å²) in [6, 6.07) is 10.2. The SMILES string of the molecule is CCOc1ccc(Cc2c(Cl)cc(CO)cc2[C@@]2(O)O[C@H]([C@H](C)O)[C@@H](O)[C@H](O)[C@H]2O)cc1. The van der Waals surface area contributed by atoms with Gasteiger partial charge in [0.05, 0.1) is 19.3 Å². The highest BCUT2D eigenvalue weighted by molar-refractivity contribution is 6.31. The molecular formula is C23H29ClO8. The maximum atomic E-state index is 11.4. The second kappa shape index (κ2) is 10.0. The molecule has 8 nitrogen and oxygen atoms in total. The Labute approximate surface area is 191 Å². The van der Waals surface area contributed by atoms with Gasteiger partial charge < -0.3 is 40.1 Å². The second-order valence-corrected chi connectivity index (χ2v) is 8.37. The molecule has 176 valence electrons. The van der Waals surface area contributed by atoms with Gasteiger partial charge in [0.15, 0.2) is 0 Å². The number of rotatable bonds is 7. The zero-order valence-corrected chi connectivity index (χ0v) is 18.6. The summed E-state index contributed by atoms with van der Waals surface area (Å²) in [6.07, 6.45) is -7.79. The molecule has 0 unspecified atom stereocenters. The van der Waals surface area contributed by atoms with Gasteiger partial charge in [-0.3, -0.25) is 0 Å². The van der Waals surface area contributed by atoms with E-state index in [4.69, 9.17) is 21.1 Å². The van der Waals surface area contributed by atoms with Gasteiger partial charge in [-0.15, -0.1) is 0 Å². The summed E-state index contributed by atoms with van der Waals surface area (Å²) in [6.45, 7) is 3.34. The van der Waals surface area contributed by atoms with Crippen LogP contribution in [0.4, 0.5) is 0 Å². The van der Waals surface area contributed by atoms with E-state index in [0.29, 0.717) is 23.5 Å². The lowest BCUT2D eigenvalue weighted by Gasteiger charge is -2.47. The Kier molecular flexibility index (Phi) is 7.80. The molecule has 9 heteroatoms. The number of hydrogen-bond donors (Lipinski definition) is 6. The normalized spacial score (nSPS) is 29.0. The molecule has 0 saturated carbocycles. The summed E-state index contributed by atoms with van der Waals surface area (Å²) in [5.74, 6) is -1.81. The number of benzene rings is 2. The van der Waals surface area contributed by atoms with Gasteiger partial charge in [-0.2, -0.15) is 0 Å². The molecule has 0 aromatic heterocycles. The van der Waals surface area contributed by atoms with Gasteiger partial charge in [0.2, 0.25) is 5.79 Å². The average Bonchev–Trinajstić information content (AvgIpc) is 2.77. The van der Waals surface area contributed by atoms with Crippen molar-refractivity contribution in [2.24, 2.45) is 0 Å². The van der Waals surface area contributed by atoms with Crippen LogP contribution in [0, 0.1) is 0 Å². The molecule has 32 heavy (non-hydrogen) atoms. The highest BCUT2D eigenvalue weighted by Gasteiger charge is 2.55. The van der Waals surface area contributed by atoms with Crippen molar-refractivity contribution < 1.29 is 40.1 Å². The van der Waals surface area contributed by atoms with Crippen LogP contribution in [0.3, 0.4) is 0 Å². The zero-order chi connectivity index (χ0) is 23.6. The van der Waals surface area contributed by atoms with Gasteiger partial charge in [-0.1, -0.05) is 23.7 Å². The maximum Gasteiger partial charge on any atom is 0.222 e. The van der Waals surface area contributed by atoms with Crippen LogP contribution in [0.25, 0.3) is 0 Å². The molecular weight excluding hydrogens is 440 g/mol. The minimum atomic E-state index is -2.50. The maximum absolute atomic E-state index is 11.4. The molecule has 1 aliphatic heterocycles. The number of aliphatic hydroxyl groups excluding tert-OH is 5.